The Kier molecular flexibility index (Phi) is 1.13. The minimum atomic E-state index is 1.11. The molecule has 1 radical (unpaired) electrons. The molecule has 0 saturated heterocycles. The van der Waals surface area contributed by atoms with Gasteiger partial charge < -0.3 is 0 Å². The molecule has 31 valence electrons. The molecule has 0 heterocycles. The zero-order chi connectivity index (χ0) is 4.24. The zero-order valence-electron chi connectivity index (χ0n) is 3.65. The van der Waals surface area contributed by atoms with E-state index in [4.69, 9.17) is 0 Å². The maximum Gasteiger partial charge on any atom is -0.0240 e. The molecule has 0 aromatic carbocycles. The molecule has 1 aliphatic rings. The zero-order valence-corrected chi connectivity index (χ0v) is 3.65. The third-order valence-electron chi connectivity index (χ3n) is 0.805. The molecule has 0 nitrogen and oxygen atoms in total. The Bertz CT molecular complexity index is 76.2. The highest BCUT2D eigenvalue weighted by Crippen LogP contribution is 1.98. The molecule has 0 aromatic heterocycles. The Morgan fingerprint density at radius 2 is 1.83 bits per heavy atom. The van der Waals surface area contributed by atoms with Gasteiger partial charge >= 0.3 is 0 Å². The molecule has 0 atom stereocenters. The molecule has 0 fully saturated rings. The summed E-state index contributed by atoms with van der Waals surface area (Å²) in [7, 11) is 0. The minimum absolute atomic E-state index is 1.11. The molecule has 0 amide bonds. The second-order valence-corrected chi connectivity index (χ2v) is 1.33. The van der Waals surface area contributed by atoms with Gasteiger partial charge in [-0.05, 0) is 31.4 Å². The van der Waals surface area contributed by atoms with Gasteiger partial charge in [-0.2, -0.15) is 0 Å². The summed E-state index contributed by atoms with van der Waals surface area (Å²) in [6, 6.07) is 0. The van der Waals surface area contributed by atoms with Crippen molar-refractivity contribution in [1.82, 2.24) is 0 Å². The second-order valence-electron chi connectivity index (χ2n) is 1.33. The summed E-state index contributed by atoms with van der Waals surface area (Å²) >= 11 is 0. The molecular weight excluding hydrogens is 72.1 g/mol. The highest BCUT2D eigenvalue weighted by molar-refractivity contribution is 4.97. The van der Waals surface area contributed by atoms with Crippen LogP contribution in [0, 0.1) is 6.42 Å². The average molecular weight is 79.1 g/mol. The van der Waals surface area contributed by atoms with Crippen LogP contribution in [0.25, 0.3) is 0 Å². The van der Waals surface area contributed by atoms with Crippen LogP contribution < -0.4 is 0 Å². The fourth-order valence-corrected chi connectivity index (χ4v) is 0.482. The highest BCUT2D eigenvalue weighted by atomic mass is 13.9. The van der Waals surface area contributed by atoms with Gasteiger partial charge in [0.25, 0.3) is 0 Å². The van der Waals surface area contributed by atoms with E-state index < -0.39 is 0 Å². The van der Waals surface area contributed by atoms with Crippen LogP contribution in [0.15, 0.2) is 17.9 Å². The standard InChI is InChI=1S/C6H7/c1-2-4-6-5-3-1/h1,4-5H,2-3H2. The van der Waals surface area contributed by atoms with Crippen LogP contribution in [0.5, 0.6) is 0 Å². The fraction of sp³-hybridized carbons (Fsp3) is 0.333. The van der Waals surface area contributed by atoms with Crippen molar-refractivity contribution in [3.63, 3.8) is 0 Å². The Morgan fingerprint density at radius 1 is 1.17 bits per heavy atom. The van der Waals surface area contributed by atoms with E-state index in [1.807, 2.05) is 12.2 Å². The Balaban J connectivity index is 2.53. The topological polar surface area (TPSA) is 0 Å². The van der Waals surface area contributed by atoms with Crippen molar-refractivity contribution in [3.8, 4) is 0 Å². The first-order valence-electron chi connectivity index (χ1n) is 2.21. The molecule has 0 heteroatoms. The van der Waals surface area contributed by atoms with Crippen LogP contribution in [-0.2, 0) is 0 Å². The number of hydrogen-bond acceptors (Lipinski definition) is 0. The van der Waals surface area contributed by atoms with E-state index in [-0.39, 0.29) is 0 Å². The van der Waals surface area contributed by atoms with Gasteiger partial charge in [0.15, 0.2) is 0 Å². The van der Waals surface area contributed by atoms with Gasteiger partial charge in [-0.15, -0.1) is 5.73 Å². The fourth-order valence-electron chi connectivity index (χ4n) is 0.482. The lowest BCUT2D eigenvalue weighted by Gasteiger charge is -1.89. The van der Waals surface area contributed by atoms with Crippen LogP contribution in [0.1, 0.15) is 12.8 Å². The minimum Gasteiger partial charge on any atom is -0.130 e. The SMILES string of the molecule is C1=CC[CH]CC=1. The summed E-state index contributed by atoms with van der Waals surface area (Å²) in [4.78, 5) is 0. The first kappa shape index (κ1) is 3.70. The number of allylic oxidation sites excluding steroid dienone is 1. The molecule has 0 bridgehead atoms. The van der Waals surface area contributed by atoms with Gasteiger partial charge in [-0.25, -0.2) is 0 Å². The summed E-state index contributed by atoms with van der Waals surface area (Å²) in [6.07, 6.45) is 8.50. The van der Waals surface area contributed by atoms with Crippen molar-refractivity contribution in [2.75, 3.05) is 0 Å². The normalized spacial score (nSPS) is 18.7. The largest absolute Gasteiger partial charge is 0.130 e. The van der Waals surface area contributed by atoms with Crippen molar-refractivity contribution in [2.24, 2.45) is 0 Å². The highest BCUT2D eigenvalue weighted by Gasteiger charge is 1.81. The van der Waals surface area contributed by atoms with Crippen LogP contribution in [0.4, 0.5) is 0 Å². The monoisotopic (exact) mass is 79.1 g/mol. The maximum absolute atomic E-state index is 3.00. The van der Waals surface area contributed by atoms with Gasteiger partial charge in [-0.3, -0.25) is 0 Å². The first-order chi connectivity index (χ1) is 3.00. The van der Waals surface area contributed by atoms with Gasteiger partial charge in [0.1, 0.15) is 0 Å². The lowest BCUT2D eigenvalue weighted by Crippen LogP contribution is -1.72. The Labute approximate surface area is 38.2 Å². The van der Waals surface area contributed by atoms with Crippen molar-refractivity contribution >= 4 is 0 Å². The van der Waals surface area contributed by atoms with Crippen LogP contribution in [-0.4, -0.2) is 0 Å². The van der Waals surface area contributed by atoms with E-state index in [1.54, 1.807) is 0 Å². The Hall–Kier alpha value is -0.480. The van der Waals surface area contributed by atoms with E-state index >= 15 is 0 Å². The van der Waals surface area contributed by atoms with Crippen LogP contribution >= 0.6 is 0 Å². The summed E-state index contributed by atoms with van der Waals surface area (Å²) < 4.78 is 0. The summed E-state index contributed by atoms with van der Waals surface area (Å²) in [5, 5.41) is 0. The quantitative estimate of drug-likeness (QED) is 0.388. The van der Waals surface area contributed by atoms with Crippen molar-refractivity contribution in [2.45, 2.75) is 12.8 Å². The molecule has 6 heavy (non-hydrogen) atoms. The van der Waals surface area contributed by atoms with Gasteiger partial charge in [0, 0.05) is 0 Å². The van der Waals surface area contributed by atoms with E-state index in [2.05, 4.69) is 12.2 Å². The summed E-state index contributed by atoms with van der Waals surface area (Å²) in [5.41, 5.74) is 3.00. The van der Waals surface area contributed by atoms with E-state index in [1.165, 1.54) is 0 Å². The molecular formula is C6H7. The molecule has 1 rings (SSSR count). The molecule has 0 aromatic rings. The van der Waals surface area contributed by atoms with E-state index in [0.717, 1.165) is 12.8 Å². The van der Waals surface area contributed by atoms with E-state index in [0.29, 0.717) is 0 Å². The third kappa shape index (κ3) is 0.734. The first-order valence-corrected chi connectivity index (χ1v) is 2.21. The van der Waals surface area contributed by atoms with Crippen LogP contribution in [0.3, 0.4) is 0 Å². The van der Waals surface area contributed by atoms with Crippen molar-refractivity contribution in [1.29, 1.82) is 0 Å². The molecule has 0 unspecified atom stereocenters. The van der Waals surface area contributed by atoms with Crippen molar-refractivity contribution < 1.29 is 0 Å². The predicted molar refractivity (Wildman–Crippen MR) is 26.2 cm³/mol. The molecule has 0 N–H and O–H groups in total. The van der Waals surface area contributed by atoms with E-state index in [9.17, 15) is 0 Å². The number of hydrogen-bond donors (Lipinski definition) is 0. The summed E-state index contributed by atoms with van der Waals surface area (Å²) in [5.74, 6) is 0. The smallest absolute Gasteiger partial charge is 0.0240 e. The van der Waals surface area contributed by atoms with Gasteiger partial charge in [0.05, 0.1) is 0 Å². The van der Waals surface area contributed by atoms with Crippen molar-refractivity contribution in [3.05, 3.63) is 24.3 Å². The summed E-state index contributed by atoms with van der Waals surface area (Å²) in [6.45, 7) is 0. The maximum atomic E-state index is 3.00. The average Bonchev–Trinajstić information content (AvgIpc) is 1.72. The molecule has 0 spiro atoms. The second kappa shape index (κ2) is 1.84. The molecule has 0 aliphatic heterocycles. The predicted octanol–water partition coefficient (Wildman–Crippen LogP) is 1.70. The van der Waals surface area contributed by atoms with Crippen LogP contribution in [0.2, 0.25) is 0 Å². The Morgan fingerprint density at radius 3 is 2.00 bits per heavy atom. The molecule has 1 aliphatic carbocycles. The third-order valence-corrected chi connectivity index (χ3v) is 0.805. The van der Waals surface area contributed by atoms with Gasteiger partial charge in [-0.1, -0.05) is 0 Å². The lowest BCUT2D eigenvalue weighted by molar-refractivity contribution is 1.08. The molecule has 0 saturated carbocycles. The van der Waals surface area contributed by atoms with Gasteiger partial charge in [0.2, 0.25) is 0 Å². The lowest BCUT2D eigenvalue weighted by atomic mass is 10.2. The number of rotatable bonds is 0.